The summed E-state index contributed by atoms with van der Waals surface area (Å²) in [6.07, 6.45) is 0. The van der Waals surface area contributed by atoms with Crippen molar-refractivity contribution in [1.29, 1.82) is 0 Å². The van der Waals surface area contributed by atoms with Gasteiger partial charge in [-0.25, -0.2) is 0 Å². The normalized spacial score (nSPS) is 10.2. The van der Waals surface area contributed by atoms with Crippen molar-refractivity contribution >= 4 is 23.0 Å². The third kappa shape index (κ3) is 4.47. The molecule has 2 aromatic rings. The van der Waals surface area contributed by atoms with Gasteiger partial charge in [0, 0.05) is 12.7 Å². The van der Waals surface area contributed by atoms with Crippen LogP contribution in [0.1, 0.15) is 11.1 Å². The number of hydrogen-bond donors (Lipinski definition) is 1. The number of nitro groups is 1. The molecule has 0 radical (unpaired) electrons. The minimum Gasteiger partial charge on any atom is -0.496 e. The van der Waals surface area contributed by atoms with Gasteiger partial charge in [0.2, 0.25) is 5.91 Å². The molecule has 1 N–H and O–H groups in total. The summed E-state index contributed by atoms with van der Waals surface area (Å²) in [6.45, 7) is 4.03. The van der Waals surface area contributed by atoms with E-state index in [2.05, 4.69) is 5.32 Å². The average molecular weight is 343 g/mol. The van der Waals surface area contributed by atoms with Crippen LogP contribution in [0.5, 0.6) is 5.75 Å². The zero-order chi connectivity index (χ0) is 18.6. The predicted molar refractivity (Wildman–Crippen MR) is 97.5 cm³/mol. The Balaban J connectivity index is 2.15. The fraction of sp³-hybridized carbons (Fsp3) is 0.278. The molecule has 7 heteroatoms. The van der Waals surface area contributed by atoms with Crippen LogP contribution in [-0.4, -0.2) is 31.5 Å². The molecule has 2 aromatic carbocycles. The van der Waals surface area contributed by atoms with Crippen molar-refractivity contribution < 1.29 is 14.5 Å². The molecule has 0 unspecified atom stereocenters. The average Bonchev–Trinajstić information content (AvgIpc) is 2.56. The van der Waals surface area contributed by atoms with Crippen molar-refractivity contribution in [3.63, 3.8) is 0 Å². The van der Waals surface area contributed by atoms with E-state index in [9.17, 15) is 14.9 Å². The first-order valence-corrected chi connectivity index (χ1v) is 7.72. The van der Waals surface area contributed by atoms with Crippen LogP contribution in [0.4, 0.5) is 17.1 Å². The molecule has 0 spiro atoms. The molecule has 132 valence electrons. The van der Waals surface area contributed by atoms with Gasteiger partial charge in [0.15, 0.2) is 0 Å². The largest absolute Gasteiger partial charge is 0.496 e. The second-order valence-corrected chi connectivity index (χ2v) is 5.83. The molecule has 0 aliphatic carbocycles. The Bertz CT molecular complexity index is 805. The molecular formula is C18H21N3O4. The van der Waals surface area contributed by atoms with Crippen molar-refractivity contribution in [1.82, 2.24) is 0 Å². The fourth-order valence-corrected chi connectivity index (χ4v) is 2.52. The van der Waals surface area contributed by atoms with E-state index in [-0.39, 0.29) is 23.8 Å². The van der Waals surface area contributed by atoms with E-state index in [0.717, 1.165) is 16.8 Å². The first-order chi connectivity index (χ1) is 11.8. The second-order valence-electron chi connectivity index (χ2n) is 5.83. The Kier molecular flexibility index (Phi) is 5.59. The molecule has 0 fully saturated rings. The second kappa shape index (κ2) is 7.65. The van der Waals surface area contributed by atoms with Crippen LogP contribution in [-0.2, 0) is 4.79 Å². The highest BCUT2D eigenvalue weighted by Crippen LogP contribution is 2.29. The van der Waals surface area contributed by atoms with Crippen LogP contribution >= 0.6 is 0 Å². The Morgan fingerprint density at radius 1 is 1.24 bits per heavy atom. The molecule has 0 saturated heterocycles. The molecule has 25 heavy (non-hydrogen) atoms. The van der Waals surface area contributed by atoms with Crippen molar-refractivity contribution in [2.24, 2.45) is 0 Å². The summed E-state index contributed by atoms with van der Waals surface area (Å²) in [5.74, 6) is 0.0221. The van der Waals surface area contributed by atoms with Gasteiger partial charge in [-0.1, -0.05) is 12.1 Å². The Hall–Kier alpha value is -3.09. The van der Waals surface area contributed by atoms with Gasteiger partial charge in [-0.15, -0.1) is 0 Å². The minimum atomic E-state index is -0.549. The maximum Gasteiger partial charge on any atom is 0.296 e. The van der Waals surface area contributed by atoms with Crippen LogP contribution in [0.3, 0.4) is 0 Å². The van der Waals surface area contributed by atoms with Gasteiger partial charge in [0.25, 0.3) is 5.69 Å². The highest BCUT2D eigenvalue weighted by Gasteiger charge is 2.18. The number of nitrogens with one attached hydrogen (secondary N) is 1. The summed E-state index contributed by atoms with van der Waals surface area (Å²) in [5.41, 5.74) is 3.03. The first-order valence-electron chi connectivity index (χ1n) is 7.72. The lowest BCUT2D eigenvalue weighted by atomic mass is 10.1. The van der Waals surface area contributed by atoms with E-state index in [1.165, 1.54) is 19.2 Å². The fourth-order valence-electron chi connectivity index (χ4n) is 2.52. The number of nitro benzene ring substituents is 1. The number of benzene rings is 2. The molecule has 1 amide bonds. The SMILES string of the molecule is COc1ccc(NC(=O)CN(C)c2cc(C)ccc2C)c([N+](=O)[O-])c1. The first kappa shape index (κ1) is 18.3. The van der Waals surface area contributed by atoms with Crippen LogP contribution in [0, 0.1) is 24.0 Å². The molecule has 2 rings (SSSR count). The monoisotopic (exact) mass is 343 g/mol. The summed E-state index contributed by atoms with van der Waals surface area (Å²) in [7, 11) is 3.24. The highest BCUT2D eigenvalue weighted by molar-refractivity contribution is 5.96. The lowest BCUT2D eigenvalue weighted by Crippen LogP contribution is -2.30. The van der Waals surface area contributed by atoms with Gasteiger partial charge in [-0.3, -0.25) is 14.9 Å². The van der Waals surface area contributed by atoms with E-state index in [0.29, 0.717) is 5.75 Å². The van der Waals surface area contributed by atoms with E-state index < -0.39 is 4.92 Å². The van der Waals surface area contributed by atoms with Gasteiger partial charge in [-0.2, -0.15) is 0 Å². The highest BCUT2D eigenvalue weighted by atomic mass is 16.6. The predicted octanol–water partition coefficient (Wildman–Crippen LogP) is 3.30. The molecule has 0 bridgehead atoms. The number of nitrogens with zero attached hydrogens (tertiary/aromatic N) is 2. The Labute approximate surface area is 146 Å². The number of carbonyl (C=O) groups excluding carboxylic acids is 1. The van der Waals surface area contributed by atoms with Gasteiger partial charge in [0.05, 0.1) is 24.6 Å². The summed E-state index contributed by atoms with van der Waals surface area (Å²) in [6, 6.07) is 10.3. The van der Waals surface area contributed by atoms with Gasteiger partial charge >= 0.3 is 0 Å². The summed E-state index contributed by atoms with van der Waals surface area (Å²) < 4.78 is 4.99. The standard InChI is InChI=1S/C18H21N3O4/c1-12-5-6-13(2)16(9-12)20(3)11-18(22)19-15-8-7-14(25-4)10-17(15)21(23)24/h5-10H,11H2,1-4H3,(H,19,22). The number of hydrogen-bond acceptors (Lipinski definition) is 5. The van der Waals surface area contributed by atoms with Crippen molar-refractivity contribution in [3.05, 3.63) is 57.6 Å². The summed E-state index contributed by atoms with van der Waals surface area (Å²) in [4.78, 5) is 24.8. The number of rotatable bonds is 6. The number of likely N-dealkylation sites (N-methyl/N-ethyl adjacent to an activating group) is 1. The number of methoxy groups -OCH3 is 1. The molecule has 0 heterocycles. The number of ether oxygens (including phenoxy) is 1. The molecule has 0 saturated carbocycles. The molecule has 0 aliphatic heterocycles. The van der Waals surface area contributed by atoms with Crippen LogP contribution in [0.2, 0.25) is 0 Å². The minimum absolute atomic E-state index is 0.0769. The third-order valence-corrected chi connectivity index (χ3v) is 3.83. The number of amides is 1. The van der Waals surface area contributed by atoms with Crippen LogP contribution in [0.15, 0.2) is 36.4 Å². The quantitative estimate of drug-likeness (QED) is 0.642. The van der Waals surface area contributed by atoms with Crippen molar-refractivity contribution in [2.45, 2.75) is 13.8 Å². The molecule has 0 aliphatic rings. The van der Waals surface area contributed by atoms with E-state index in [4.69, 9.17) is 4.74 Å². The molecule has 7 nitrogen and oxygen atoms in total. The van der Waals surface area contributed by atoms with E-state index in [1.54, 1.807) is 6.07 Å². The smallest absolute Gasteiger partial charge is 0.296 e. The van der Waals surface area contributed by atoms with Crippen molar-refractivity contribution in [2.75, 3.05) is 30.9 Å². The van der Waals surface area contributed by atoms with Crippen LogP contribution in [0.25, 0.3) is 0 Å². The van der Waals surface area contributed by atoms with Gasteiger partial charge < -0.3 is 15.0 Å². The van der Waals surface area contributed by atoms with E-state index >= 15 is 0 Å². The lowest BCUT2D eigenvalue weighted by Gasteiger charge is -2.21. The Morgan fingerprint density at radius 3 is 2.60 bits per heavy atom. The zero-order valence-electron chi connectivity index (χ0n) is 14.7. The third-order valence-electron chi connectivity index (χ3n) is 3.83. The zero-order valence-corrected chi connectivity index (χ0v) is 14.7. The number of carbonyl (C=O) groups is 1. The Morgan fingerprint density at radius 2 is 1.96 bits per heavy atom. The van der Waals surface area contributed by atoms with E-state index in [1.807, 2.05) is 44.0 Å². The summed E-state index contributed by atoms with van der Waals surface area (Å²) in [5, 5.41) is 13.8. The molecule has 0 aromatic heterocycles. The van der Waals surface area contributed by atoms with Crippen molar-refractivity contribution in [3.8, 4) is 5.75 Å². The molecule has 0 atom stereocenters. The molecular weight excluding hydrogens is 322 g/mol. The van der Waals surface area contributed by atoms with Gasteiger partial charge in [0.1, 0.15) is 11.4 Å². The number of aryl methyl sites for hydroxylation is 2. The topological polar surface area (TPSA) is 84.7 Å². The number of anilines is 2. The maximum atomic E-state index is 12.3. The maximum absolute atomic E-state index is 12.3. The lowest BCUT2D eigenvalue weighted by molar-refractivity contribution is -0.384. The van der Waals surface area contributed by atoms with Gasteiger partial charge in [-0.05, 0) is 43.2 Å². The van der Waals surface area contributed by atoms with Crippen LogP contribution < -0.4 is 15.0 Å². The summed E-state index contributed by atoms with van der Waals surface area (Å²) >= 11 is 0.